The first-order chi connectivity index (χ1) is 9.34. The van der Waals surface area contributed by atoms with Crippen LogP contribution in [0.4, 0.5) is 0 Å². The molecule has 1 aromatic carbocycles. The van der Waals surface area contributed by atoms with Gasteiger partial charge in [-0.2, -0.15) is 0 Å². The number of aryl methyl sites for hydroxylation is 1. The molecule has 0 radical (unpaired) electrons. The molecule has 0 saturated heterocycles. The Morgan fingerprint density at radius 3 is 2.58 bits per heavy atom. The van der Waals surface area contributed by atoms with Gasteiger partial charge in [0.2, 0.25) is 0 Å². The standard InChI is InChI=1S/C17H20N2/c18-17(7-6-13-8-10-19-11-9-13)16-12-15(16)14-4-2-1-3-5-14/h1-5,8-11,15-17H,6-7,12,18H2. The molecule has 1 saturated carbocycles. The summed E-state index contributed by atoms with van der Waals surface area (Å²) < 4.78 is 0. The molecule has 0 amide bonds. The van der Waals surface area contributed by atoms with Crippen LogP contribution in [0.1, 0.15) is 29.9 Å². The maximum absolute atomic E-state index is 6.34. The lowest BCUT2D eigenvalue weighted by molar-refractivity contribution is 0.539. The quantitative estimate of drug-likeness (QED) is 0.888. The second-order valence-corrected chi connectivity index (χ2v) is 5.47. The molecule has 19 heavy (non-hydrogen) atoms. The van der Waals surface area contributed by atoms with Gasteiger partial charge in [0.25, 0.3) is 0 Å². The van der Waals surface area contributed by atoms with E-state index in [-0.39, 0.29) is 0 Å². The summed E-state index contributed by atoms with van der Waals surface area (Å²) in [6.45, 7) is 0. The molecule has 1 fully saturated rings. The minimum atomic E-state index is 0.318. The van der Waals surface area contributed by atoms with Crippen LogP contribution in [0.15, 0.2) is 54.9 Å². The fraction of sp³-hybridized carbons (Fsp3) is 0.353. The molecule has 1 heterocycles. The SMILES string of the molecule is NC(CCc1ccncc1)C1CC1c1ccccc1. The van der Waals surface area contributed by atoms with Crippen LogP contribution in [0.25, 0.3) is 0 Å². The van der Waals surface area contributed by atoms with Crippen LogP contribution in [-0.4, -0.2) is 11.0 Å². The lowest BCUT2D eigenvalue weighted by Crippen LogP contribution is -2.23. The summed E-state index contributed by atoms with van der Waals surface area (Å²) in [5.74, 6) is 1.36. The van der Waals surface area contributed by atoms with Gasteiger partial charge < -0.3 is 5.73 Å². The summed E-state index contributed by atoms with van der Waals surface area (Å²) in [6, 6.07) is 15.2. The van der Waals surface area contributed by atoms with Crippen LogP contribution in [0.2, 0.25) is 0 Å². The number of rotatable bonds is 5. The molecule has 2 heteroatoms. The van der Waals surface area contributed by atoms with Gasteiger partial charge in [0, 0.05) is 18.4 Å². The summed E-state index contributed by atoms with van der Waals surface area (Å²) in [5.41, 5.74) is 9.13. The molecule has 3 unspecified atom stereocenters. The Kier molecular flexibility index (Phi) is 3.60. The Morgan fingerprint density at radius 2 is 1.84 bits per heavy atom. The second kappa shape index (κ2) is 5.54. The summed E-state index contributed by atoms with van der Waals surface area (Å²) in [7, 11) is 0. The maximum Gasteiger partial charge on any atom is 0.0270 e. The Balaban J connectivity index is 1.52. The van der Waals surface area contributed by atoms with E-state index >= 15 is 0 Å². The van der Waals surface area contributed by atoms with Crippen LogP contribution in [0, 0.1) is 5.92 Å². The third kappa shape index (κ3) is 3.02. The van der Waals surface area contributed by atoms with E-state index in [1.165, 1.54) is 17.5 Å². The van der Waals surface area contributed by atoms with E-state index in [0.717, 1.165) is 12.8 Å². The normalized spacial score (nSPS) is 23.0. The highest BCUT2D eigenvalue weighted by Gasteiger charge is 2.41. The molecule has 0 aliphatic heterocycles. The van der Waals surface area contributed by atoms with Crippen molar-refractivity contribution in [1.29, 1.82) is 0 Å². The first kappa shape index (κ1) is 12.4. The van der Waals surface area contributed by atoms with Crippen LogP contribution in [0.5, 0.6) is 0 Å². The van der Waals surface area contributed by atoms with Gasteiger partial charge in [0.05, 0.1) is 0 Å². The molecule has 1 aliphatic rings. The molecule has 3 atom stereocenters. The van der Waals surface area contributed by atoms with Gasteiger partial charge in [-0.05, 0) is 54.4 Å². The molecular weight excluding hydrogens is 232 g/mol. The van der Waals surface area contributed by atoms with Crippen LogP contribution < -0.4 is 5.73 Å². The molecule has 2 aromatic rings. The molecular formula is C17H20N2. The average molecular weight is 252 g/mol. The van der Waals surface area contributed by atoms with Crippen molar-refractivity contribution in [2.75, 3.05) is 0 Å². The van der Waals surface area contributed by atoms with Crippen LogP contribution in [-0.2, 0) is 6.42 Å². The lowest BCUT2D eigenvalue weighted by atomic mass is 10.0. The van der Waals surface area contributed by atoms with E-state index in [1.54, 1.807) is 0 Å². The first-order valence-corrected chi connectivity index (χ1v) is 7.04. The fourth-order valence-corrected chi connectivity index (χ4v) is 2.87. The predicted molar refractivity (Wildman–Crippen MR) is 77.8 cm³/mol. The summed E-state index contributed by atoms with van der Waals surface area (Å²) in [6.07, 6.45) is 7.08. The van der Waals surface area contributed by atoms with Gasteiger partial charge in [0.15, 0.2) is 0 Å². The minimum absolute atomic E-state index is 0.318. The zero-order valence-corrected chi connectivity index (χ0v) is 11.1. The number of hydrogen-bond donors (Lipinski definition) is 1. The minimum Gasteiger partial charge on any atom is -0.327 e. The highest BCUT2D eigenvalue weighted by molar-refractivity contribution is 5.26. The number of pyridine rings is 1. The highest BCUT2D eigenvalue weighted by Crippen LogP contribution is 2.49. The van der Waals surface area contributed by atoms with E-state index < -0.39 is 0 Å². The van der Waals surface area contributed by atoms with Gasteiger partial charge in [-0.25, -0.2) is 0 Å². The lowest BCUT2D eigenvalue weighted by Gasteiger charge is -2.11. The van der Waals surface area contributed by atoms with E-state index in [9.17, 15) is 0 Å². The molecule has 0 spiro atoms. The first-order valence-electron chi connectivity index (χ1n) is 7.04. The summed E-state index contributed by atoms with van der Waals surface area (Å²) in [5, 5.41) is 0. The highest BCUT2D eigenvalue weighted by atomic mass is 14.7. The fourth-order valence-electron chi connectivity index (χ4n) is 2.87. The molecule has 1 aliphatic carbocycles. The average Bonchev–Trinajstić information content (AvgIpc) is 3.27. The third-order valence-corrected chi connectivity index (χ3v) is 4.13. The summed E-state index contributed by atoms with van der Waals surface area (Å²) >= 11 is 0. The largest absolute Gasteiger partial charge is 0.327 e. The Bertz CT molecular complexity index is 509. The van der Waals surface area contributed by atoms with Crippen molar-refractivity contribution in [3.63, 3.8) is 0 Å². The van der Waals surface area contributed by atoms with Gasteiger partial charge in [-0.15, -0.1) is 0 Å². The van der Waals surface area contributed by atoms with Crippen molar-refractivity contribution >= 4 is 0 Å². The van der Waals surface area contributed by atoms with Crippen molar-refractivity contribution in [2.24, 2.45) is 11.7 Å². The van der Waals surface area contributed by atoms with E-state index in [4.69, 9.17) is 5.73 Å². The van der Waals surface area contributed by atoms with Crippen molar-refractivity contribution in [1.82, 2.24) is 4.98 Å². The molecule has 0 bridgehead atoms. The Labute approximate surface area is 114 Å². The number of benzene rings is 1. The van der Waals surface area contributed by atoms with Crippen molar-refractivity contribution in [2.45, 2.75) is 31.2 Å². The Hall–Kier alpha value is -1.67. The smallest absolute Gasteiger partial charge is 0.0270 e. The van der Waals surface area contributed by atoms with E-state index in [1.807, 2.05) is 12.4 Å². The topological polar surface area (TPSA) is 38.9 Å². The summed E-state index contributed by atoms with van der Waals surface area (Å²) in [4.78, 5) is 4.04. The Morgan fingerprint density at radius 1 is 1.11 bits per heavy atom. The monoisotopic (exact) mass is 252 g/mol. The van der Waals surface area contributed by atoms with Crippen LogP contribution >= 0.6 is 0 Å². The number of aromatic nitrogens is 1. The number of nitrogens with zero attached hydrogens (tertiary/aromatic N) is 1. The van der Waals surface area contributed by atoms with Gasteiger partial charge >= 0.3 is 0 Å². The molecule has 3 rings (SSSR count). The van der Waals surface area contributed by atoms with Gasteiger partial charge in [-0.3, -0.25) is 4.98 Å². The molecule has 1 aromatic heterocycles. The van der Waals surface area contributed by atoms with Gasteiger partial charge in [-0.1, -0.05) is 30.3 Å². The second-order valence-electron chi connectivity index (χ2n) is 5.47. The van der Waals surface area contributed by atoms with Crippen molar-refractivity contribution < 1.29 is 0 Å². The van der Waals surface area contributed by atoms with E-state index in [2.05, 4.69) is 47.4 Å². The molecule has 2 nitrogen and oxygen atoms in total. The zero-order chi connectivity index (χ0) is 13.1. The number of nitrogens with two attached hydrogens (primary N) is 1. The zero-order valence-electron chi connectivity index (χ0n) is 11.1. The molecule has 98 valence electrons. The molecule has 2 N–H and O–H groups in total. The van der Waals surface area contributed by atoms with Crippen LogP contribution in [0.3, 0.4) is 0 Å². The van der Waals surface area contributed by atoms with E-state index in [0.29, 0.717) is 17.9 Å². The third-order valence-electron chi connectivity index (χ3n) is 4.13. The predicted octanol–water partition coefficient (Wildman–Crippen LogP) is 3.15. The van der Waals surface area contributed by atoms with Crippen molar-refractivity contribution in [3.8, 4) is 0 Å². The maximum atomic E-state index is 6.34. The van der Waals surface area contributed by atoms with Gasteiger partial charge in [0.1, 0.15) is 0 Å². The van der Waals surface area contributed by atoms with Crippen molar-refractivity contribution in [3.05, 3.63) is 66.0 Å². The number of hydrogen-bond acceptors (Lipinski definition) is 2.